The fourth-order valence-electron chi connectivity index (χ4n) is 1.91. The highest BCUT2D eigenvalue weighted by atomic mass is 16.6. The number of aliphatic hydroxyl groups excluding tert-OH is 1. The van der Waals surface area contributed by atoms with E-state index in [2.05, 4.69) is 0 Å². The highest BCUT2D eigenvalue weighted by Crippen LogP contribution is 2.33. The van der Waals surface area contributed by atoms with Crippen LogP contribution in [0.3, 0.4) is 0 Å². The molecule has 1 heterocycles. The van der Waals surface area contributed by atoms with Crippen LogP contribution in [0.2, 0.25) is 0 Å². The van der Waals surface area contributed by atoms with Crippen LogP contribution in [0.25, 0.3) is 0 Å². The Labute approximate surface area is 98.6 Å². The maximum atomic E-state index is 10.7. The van der Waals surface area contributed by atoms with Gasteiger partial charge in [-0.1, -0.05) is 0 Å². The zero-order valence-corrected chi connectivity index (χ0v) is 9.50. The molecular formula is C11H14N2O4. The fraction of sp³-hybridized carbons (Fsp3) is 0.455. The zero-order chi connectivity index (χ0) is 12.4. The molecule has 0 spiro atoms. The second-order valence-electron chi connectivity index (χ2n) is 4.07. The average molecular weight is 238 g/mol. The molecule has 0 saturated carbocycles. The summed E-state index contributed by atoms with van der Waals surface area (Å²) in [6.45, 7) is 1.73. The van der Waals surface area contributed by atoms with E-state index in [1.165, 1.54) is 13.2 Å². The highest BCUT2D eigenvalue weighted by Gasteiger charge is 2.27. The second-order valence-corrected chi connectivity index (χ2v) is 4.07. The van der Waals surface area contributed by atoms with Crippen molar-refractivity contribution in [3.8, 4) is 5.75 Å². The smallest absolute Gasteiger partial charge is 0.311 e. The molecule has 0 bridgehead atoms. The number of nitrogens with zero attached hydrogens (tertiary/aromatic N) is 2. The van der Waals surface area contributed by atoms with E-state index in [0.717, 1.165) is 18.8 Å². The molecule has 17 heavy (non-hydrogen) atoms. The summed E-state index contributed by atoms with van der Waals surface area (Å²) in [5.41, 5.74) is 0.854. The van der Waals surface area contributed by atoms with Crippen LogP contribution in [-0.4, -0.2) is 36.8 Å². The number of nitro benzene ring substituents is 1. The minimum atomic E-state index is -0.463. The number of hydrogen-bond donors (Lipinski definition) is 1. The first-order valence-corrected chi connectivity index (χ1v) is 5.34. The lowest BCUT2D eigenvalue weighted by atomic mass is 10.0. The van der Waals surface area contributed by atoms with Gasteiger partial charge in [-0.05, 0) is 6.07 Å². The molecule has 6 heteroatoms. The maximum absolute atomic E-state index is 10.7. The van der Waals surface area contributed by atoms with Gasteiger partial charge in [-0.25, -0.2) is 0 Å². The van der Waals surface area contributed by atoms with Crippen LogP contribution < -0.4 is 9.64 Å². The predicted octanol–water partition coefficient (Wildman–Crippen LogP) is 1.03. The van der Waals surface area contributed by atoms with E-state index in [4.69, 9.17) is 9.84 Å². The third-order valence-electron chi connectivity index (χ3n) is 2.94. The molecule has 0 aromatic heterocycles. The van der Waals surface area contributed by atoms with Gasteiger partial charge in [0, 0.05) is 43.4 Å². The Balaban J connectivity index is 2.18. The number of aliphatic hydroxyl groups is 1. The summed E-state index contributed by atoms with van der Waals surface area (Å²) < 4.78 is 5.00. The number of ether oxygens (including phenoxy) is 1. The highest BCUT2D eigenvalue weighted by molar-refractivity contribution is 5.60. The lowest BCUT2D eigenvalue weighted by molar-refractivity contribution is -0.385. The number of nitro groups is 1. The van der Waals surface area contributed by atoms with Gasteiger partial charge in [0.15, 0.2) is 5.75 Å². The Bertz CT molecular complexity index is 429. The number of hydrogen-bond acceptors (Lipinski definition) is 5. The predicted molar refractivity (Wildman–Crippen MR) is 62.4 cm³/mol. The largest absolute Gasteiger partial charge is 0.490 e. The van der Waals surface area contributed by atoms with E-state index >= 15 is 0 Å². The standard InChI is InChI=1S/C11H14N2O4/c1-17-11-4-9(2-3-10(11)13(15)16)12-5-8(6-12)7-14/h2-4,8,14H,5-7H2,1H3. The second kappa shape index (κ2) is 4.58. The molecule has 0 unspecified atom stereocenters. The van der Waals surface area contributed by atoms with Crippen LogP contribution in [0.5, 0.6) is 5.75 Å². The first kappa shape index (κ1) is 11.7. The van der Waals surface area contributed by atoms with Gasteiger partial charge < -0.3 is 14.7 Å². The van der Waals surface area contributed by atoms with Crippen LogP contribution >= 0.6 is 0 Å². The Morgan fingerprint density at radius 2 is 2.29 bits per heavy atom. The molecule has 0 radical (unpaired) electrons. The Morgan fingerprint density at radius 3 is 2.82 bits per heavy atom. The topological polar surface area (TPSA) is 75.8 Å². The molecule has 1 saturated heterocycles. The lowest BCUT2D eigenvalue weighted by Crippen LogP contribution is -2.48. The minimum Gasteiger partial charge on any atom is -0.490 e. The van der Waals surface area contributed by atoms with Crippen LogP contribution in [0.1, 0.15) is 0 Å². The zero-order valence-electron chi connectivity index (χ0n) is 9.50. The SMILES string of the molecule is COc1cc(N2CC(CO)C2)ccc1[N+](=O)[O-]. The first-order chi connectivity index (χ1) is 8.15. The van der Waals surface area contributed by atoms with Crippen LogP contribution in [0.4, 0.5) is 11.4 Å². The fourth-order valence-corrected chi connectivity index (χ4v) is 1.91. The average Bonchev–Trinajstić information content (AvgIpc) is 2.27. The van der Waals surface area contributed by atoms with Crippen molar-refractivity contribution < 1.29 is 14.8 Å². The van der Waals surface area contributed by atoms with Crippen molar-refractivity contribution in [1.82, 2.24) is 0 Å². The van der Waals surface area contributed by atoms with E-state index < -0.39 is 4.92 Å². The van der Waals surface area contributed by atoms with Gasteiger partial charge in [0.2, 0.25) is 0 Å². The molecule has 0 atom stereocenters. The number of benzene rings is 1. The van der Waals surface area contributed by atoms with Crippen molar-refractivity contribution in [1.29, 1.82) is 0 Å². The summed E-state index contributed by atoms with van der Waals surface area (Å²) in [7, 11) is 1.42. The molecule has 92 valence electrons. The molecule has 1 aliphatic heterocycles. The van der Waals surface area contributed by atoms with E-state index in [1.807, 2.05) is 4.90 Å². The third kappa shape index (κ3) is 2.16. The molecule has 1 aromatic rings. The summed E-state index contributed by atoms with van der Waals surface area (Å²) in [5, 5.41) is 19.7. The van der Waals surface area contributed by atoms with Gasteiger partial charge in [-0.3, -0.25) is 10.1 Å². The summed E-state index contributed by atoms with van der Waals surface area (Å²) >= 11 is 0. The molecule has 1 aromatic carbocycles. The van der Waals surface area contributed by atoms with Gasteiger partial charge in [0.25, 0.3) is 0 Å². The lowest BCUT2D eigenvalue weighted by Gasteiger charge is -2.40. The minimum absolute atomic E-state index is 0.0320. The molecular weight excluding hydrogens is 224 g/mol. The summed E-state index contributed by atoms with van der Waals surface area (Å²) in [4.78, 5) is 12.3. The molecule has 1 N–H and O–H groups in total. The monoisotopic (exact) mass is 238 g/mol. The van der Waals surface area contributed by atoms with E-state index in [1.54, 1.807) is 12.1 Å². The summed E-state index contributed by atoms with van der Waals surface area (Å²) in [6, 6.07) is 4.81. The van der Waals surface area contributed by atoms with Gasteiger partial charge in [0.05, 0.1) is 12.0 Å². The molecule has 6 nitrogen and oxygen atoms in total. The number of rotatable bonds is 4. The first-order valence-electron chi connectivity index (χ1n) is 5.34. The maximum Gasteiger partial charge on any atom is 0.311 e. The van der Waals surface area contributed by atoms with E-state index in [-0.39, 0.29) is 18.0 Å². The Morgan fingerprint density at radius 1 is 1.59 bits per heavy atom. The van der Waals surface area contributed by atoms with Crippen molar-refractivity contribution in [3.05, 3.63) is 28.3 Å². The molecule has 2 rings (SSSR count). The van der Waals surface area contributed by atoms with Crippen molar-refractivity contribution in [3.63, 3.8) is 0 Å². The Kier molecular flexibility index (Phi) is 3.14. The van der Waals surface area contributed by atoms with Crippen molar-refractivity contribution in [2.24, 2.45) is 5.92 Å². The molecule has 1 fully saturated rings. The molecule has 0 aliphatic carbocycles. The van der Waals surface area contributed by atoms with E-state index in [0.29, 0.717) is 5.92 Å². The normalized spacial score (nSPS) is 15.5. The van der Waals surface area contributed by atoms with Crippen LogP contribution in [0, 0.1) is 16.0 Å². The van der Waals surface area contributed by atoms with Gasteiger partial charge in [0.1, 0.15) is 0 Å². The van der Waals surface area contributed by atoms with E-state index in [9.17, 15) is 10.1 Å². The molecule has 0 amide bonds. The number of methoxy groups -OCH3 is 1. The summed E-state index contributed by atoms with van der Waals surface area (Å²) in [6.07, 6.45) is 0. The number of anilines is 1. The van der Waals surface area contributed by atoms with Crippen molar-refractivity contribution in [2.45, 2.75) is 0 Å². The third-order valence-corrected chi connectivity index (χ3v) is 2.94. The summed E-state index contributed by atoms with van der Waals surface area (Å²) in [5.74, 6) is 0.566. The van der Waals surface area contributed by atoms with Gasteiger partial charge in [-0.2, -0.15) is 0 Å². The van der Waals surface area contributed by atoms with Gasteiger partial charge >= 0.3 is 5.69 Å². The van der Waals surface area contributed by atoms with Crippen molar-refractivity contribution >= 4 is 11.4 Å². The van der Waals surface area contributed by atoms with Crippen molar-refractivity contribution in [2.75, 3.05) is 31.7 Å². The Hall–Kier alpha value is -1.82. The van der Waals surface area contributed by atoms with Crippen LogP contribution in [0.15, 0.2) is 18.2 Å². The molecule has 1 aliphatic rings. The van der Waals surface area contributed by atoms with Gasteiger partial charge in [-0.15, -0.1) is 0 Å². The van der Waals surface area contributed by atoms with Crippen LogP contribution in [-0.2, 0) is 0 Å². The quantitative estimate of drug-likeness (QED) is 0.626.